The van der Waals surface area contributed by atoms with E-state index in [9.17, 15) is 21.0 Å². The average molecular weight is 1080 g/mol. The van der Waals surface area contributed by atoms with Crippen molar-refractivity contribution in [3.05, 3.63) is 267 Å². The summed E-state index contributed by atoms with van der Waals surface area (Å²) in [7, 11) is 0. The molecule has 0 amide bonds. The molecule has 0 aliphatic rings. The molecule has 84 heavy (non-hydrogen) atoms. The highest BCUT2D eigenvalue weighted by Gasteiger charge is 2.33. The number of hydrogen-bond donors (Lipinski definition) is 0. The summed E-state index contributed by atoms with van der Waals surface area (Å²) in [6, 6.07) is 58.4. The van der Waals surface area contributed by atoms with Gasteiger partial charge in [-0.2, -0.15) is 34.2 Å². The average Bonchev–Trinajstić information content (AvgIpc) is 2.67. The Morgan fingerprint density at radius 1 is 0.345 bits per heavy atom. The molecule has 0 saturated carbocycles. The summed E-state index contributed by atoms with van der Waals surface area (Å²) in [6.45, 7) is 39.8. The second-order valence-corrected chi connectivity index (χ2v) is 19.6. The van der Waals surface area contributed by atoms with E-state index in [4.69, 9.17) is 32.9 Å². The van der Waals surface area contributed by atoms with Gasteiger partial charge in [-0.1, -0.05) is 42.5 Å². The molecule has 0 bridgehead atoms. The number of para-hydroxylation sites is 1. The van der Waals surface area contributed by atoms with E-state index in [0.717, 1.165) is 12.1 Å². The van der Waals surface area contributed by atoms with Crippen molar-refractivity contribution in [1.82, 2.24) is 9.13 Å². The first-order valence-electron chi connectivity index (χ1n) is 25.4. The molecule has 14 heteroatoms. The number of benzene rings is 10. The molecule has 0 unspecified atom stereocenters. The van der Waals surface area contributed by atoms with E-state index in [0.29, 0.717) is 93.8 Å². The van der Waals surface area contributed by atoms with E-state index < -0.39 is 11.7 Å². The molecular weight excluding hydrogens is 1050 g/mol. The van der Waals surface area contributed by atoms with Crippen LogP contribution in [-0.4, -0.2) is 9.13 Å². The number of hydrogen-bond acceptors (Lipinski definition) is 4. The standard InChI is InChI=1S/C70H30F3N11/c1-78-53-23-40(36-74)19-48(27-53)44-9-14-64-58(31-44)59-32-45(49-20-41(37-75)24-54(28-49)79-2)10-15-65(59)83(64)66-18-13-52(70(71,72)73)35-62(66)57-7-6-8-63(82-5)69(57)84-67-16-11-46(50-21-42(38-76)25-55(29-50)80-3)33-60(67)61-34-47(12-17-68(61)84)51-22-43(39-77)26-56(30-51)81-4/h6-35H. The van der Waals surface area contributed by atoms with Crippen LogP contribution in [0.15, 0.2) is 182 Å². The summed E-state index contributed by atoms with van der Waals surface area (Å²) >= 11 is 0. The third-order valence-electron chi connectivity index (χ3n) is 14.8. The smallest absolute Gasteiger partial charge is 0.318 e. The summed E-state index contributed by atoms with van der Waals surface area (Å²) in [5, 5.41) is 42.4. The lowest BCUT2D eigenvalue weighted by molar-refractivity contribution is -0.137. The Hall–Kier alpha value is -13.0. The number of rotatable bonds is 7. The van der Waals surface area contributed by atoms with Crippen molar-refractivity contribution in [2.75, 3.05) is 0 Å². The van der Waals surface area contributed by atoms with Crippen LogP contribution in [0.2, 0.25) is 0 Å². The minimum atomic E-state index is -4.83. The van der Waals surface area contributed by atoms with E-state index >= 15 is 13.2 Å². The minimum Gasteiger partial charge on any atom is -0.318 e. The molecule has 0 atom stereocenters. The molecule has 0 aliphatic carbocycles. The largest absolute Gasteiger partial charge is 0.416 e. The number of nitriles is 4. The molecule has 0 fully saturated rings. The maximum absolute atomic E-state index is 15.4. The van der Waals surface area contributed by atoms with Gasteiger partial charge in [0.15, 0.2) is 22.7 Å². The Bertz CT molecular complexity index is 4930. The van der Waals surface area contributed by atoms with Crippen LogP contribution < -0.4 is 0 Å². The zero-order valence-corrected chi connectivity index (χ0v) is 43.4. The lowest BCUT2D eigenvalue weighted by atomic mass is 9.97. The summed E-state index contributed by atoms with van der Waals surface area (Å²) in [5.74, 6) is 0. The van der Waals surface area contributed by atoms with Crippen LogP contribution in [0.3, 0.4) is 0 Å². The Kier molecular flexibility index (Phi) is 12.5. The number of alkyl halides is 3. The summed E-state index contributed by atoms with van der Waals surface area (Å²) in [5.41, 5.74) is 9.25. The third kappa shape index (κ3) is 8.84. The summed E-state index contributed by atoms with van der Waals surface area (Å²) < 4.78 is 49.8. The first kappa shape index (κ1) is 51.7. The SMILES string of the molecule is [C-]#[N+]c1cc(C#N)cc(-c2ccc3c(c2)c2cc(-c4cc(C#N)cc([N+]#[C-])c4)ccc2n3-c2ccc(C(F)(F)F)cc2-c2cccc([N+]#[C-])c2-n2c3ccc(-c4cc(C#N)cc([N+]#[C-])c4)cc3c3cc(-c4cc(C#N)cc([N+]#[C-])c4)ccc32)c1. The van der Waals surface area contributed by atoms with Gasteiger partial charge in [0.25, 0.3) is 0 Å². The molecule has 0 N–H and O–H groups in total. The minimum absolute atomic E-state index is 0.0999. The van der Waals surface area contributed by atoms with Crippen molar-refractivity contribution in [3.63, 3.8) is 0 Å². The van der Waals surface area contributed by atoms with E-state index in [1.54, 1.807) is 66.7 Å². The van der Waals surface area contributed by atoms with Crippen molar-refractivity contribution in [3.8, 4) is 91.3 Å². The monoisotopic (exact) mass is 1080 g/mol. The van der Waals surface area contributed by atoms with Gasteiger partial charge < -0.3 is 9.13 Å². The van der Waals surface area contributed by atoms with Gasteiger partial charge >= 0.3 is 6.18 Å². The summed E-state index contributed by atoms with van der Waals surface area (Å²) in [6.07, 6.45) is -4.83. The van der Waals surface area contributed by atoms with Crippen LogP contribution in [-0.2, 0) is 6.18 Å². The lowest BCUT2D eigenvalue weighted by Gasteiger charge is -2.21. The topological polar surface area (TPSA) is 127 Å². The predicted molar refractivity (Wildman–Crippen MR) is 317 cm³/mol. The van der Waals surface area contributed by atoms with Gasteiger partial charge in [0.2, 0.25) is 5.69 Å². The van der Waals surface area contributed by atoms with Gasteiger partial charge in [0, 0.05) is 49.4 Å². The van der Waals surface area contributed by atoms with Crippen LogP contribution in [0.25, 0.3) is 135 Å². The molecule has 12 rings (SSSR count). The Labute approximate surface area is 477 Å². The fourth-order valence-electron chi connectivity index (χ4n) is 11.1. The van der Waals surface area contributed by atoms with Gasteiger partial charge in [-0.15, -0.1) is 0 Å². The molecule has 0 spiro atoms. The zero-order valence-electron chi connectivity index (χ0n) is 43.4. The van der Waals surface area contributed by atoms with Gasteiger partial charge in [-0.25, -0.2) is 24.2 Å². The quantitative estimate of drug-likeness (QED) is 0.147. The highest BCUT2D eigenvalue weighted by molar-refractivity contribution is 6.15. The molecule has 11 nitrogen and oxygen atoms in total. The molecule has 2 aromatic heterocycles. The van der Waals surface area contributed by atoms with Gasteiger partial charge in [-0.3, -0.25) is 0 Å². The number of fused-ring (bicyclic) bond motifs is 6. The highest BCUT2D eigenvalue weighted by atomic mass is 19.4. The van der Waals surface area contributed by atoms with Crippen LogP contribution >= 0.6 is 0 Å². The molecule has 0 aliphatic heterocycles. The fraction of sp³-hybridized carbons (Fsp3) is 0.0143. The van der Waals surface area contributed by atoms with Crippen LogP contribution in [0.4, 0.5) is 41.6 Å². The van der Waals surface area contributed by atoms with Gasteiger partial charge in [0.1, 0.15) is 0 Å². The lowest BCUT2D eigenvalue weighted by Crippen LogP contribution is -2.08. The molecule has 0 radical (unpaired) electrons. The Morgan fingerprint density at radius 3 is 1.02 bits per heavy atom. The fourth-order valence-corrected chi connectivity index (χ4v) is 11.1. The van der Waals surface area contributed by atoms with Crippen molar-refractivity contribution < 1.29 is 13.2 Å². The second-order valence-electron chi connectivity index (χ2n) is 19.6. The van der Waals surface area contributed by atoms with E-state index in [1.165, 1.54) is 30.3 Å². The maximum Gasteiger partial charge on any atom is 0.416 e. The Balaban J connectivity index is 1.17. The first-order valence-corrected chi connectivity index (χ1v) is 25.4. The Morgan fingerprint density at radius 2 is 0.702 bits per heavy atom. The van der Waals surface area contributed by atoms with Crippen LogP contribution in [0.1, 0.15) is 27.8 Å². The van der Waals surface area contributed by atoms with Crippen LogP contribution in [0, 0.1) is 78.2 Å². The van der Waals surface area contributed by atoms with Crippen molar-refractivity contribution in [1.29, 1.82) is 21.0 Å². The van der Waals surface area contributed by atoms with Gasteiger partial charge in [0.05, 0.1) is 96.1 Å². The highest BCUT2D eigenvalue weighted by Crippen LogP contribution is 2.48. The molecule has 386 valence electrons. The normalized spacial score (nSPS) is 10.9. The second kappa shape index (κ2) is 20.3. The van der Waals surface area contributed by atoms with E-state index in [-0.39, 0.29) is 67.5 Å². The van der Waals surface area contributed by atoms with Crippen molar-refractivity contribution in [2.24, 2.45) is 0 Å². The van der Waals surface area contributed by atoms with Gasteiger partial charge in [-0.05, 0) is 190 Å². The molecular formula is C70H30F3N11. The maximum atomic E-state index is 15.4. The van der Waals surface area contributed by atoms with E-state index in [2.05, 4.69) is 48.5 Å². The van der Waals surface area contributed by atoms with Crippen molar-refractivity contribution in [2.45, 2.75) is 6.18 Å². The van der Waals surface area contributed by atoms with E-state index in [1.807, 2.05) is 81.9 Å². The number of halogens is 3. The van der Waals surface area contributed by atoms with Crippen LogP contribution in [0.5, 0.6) is 0 Å². The van der Waals surface area contributed by atoms with Crippen molar-refractivity contribution >= 4 is 72.0 Å². The number of aromatic nitrogens is 2. The molecule has 12 aromatic rings. The first-order chi connectivity index (χ1) is 40.8. The zero-order chi connectivity index (χ0) is 58.6. The number of nitrogens with zero attached hydrogens (tertiary/aromatic N) is 11. The molecule has 10 aromatic carbocycles. The third-order valence-corrected chi connectivity index (χ3v) is 14.8. The molecule has 0 saturated heterocycles. The molecule has 2 heterocycles. The predicted octanol–water partition coefficient (Wildman–Crippen LogP) is 19.5. The summed E-state index contributed by atoms with van der Waals surface area (Å²) in [4.78, 5) is 18.4.